The lowest BCUT2D eigenvalue weighted by molar-refractivity contribution is 0.217. The van der Waals surface area contributed by atoms with Crippen molar-refractivity contribution in [1.82, 2.24) is 0 Å². The second kappa shape index (κ2) is 5.89. The molecule has 0 spiro atoms. The van der Waals surface area contributed by atoms with Crippen LogP contribution < -0.4 is 5.73 Å². The number of nitrogens with two attached hydrogens (primary N) is 1. The Bertz CT molecular complexity index is 277. The summed E-state index contributed by atoms with van der Waals surface area (Å²) in [6.45, 7) is 5.02. The van der Waals surface area contributed by atoms with Gasteiger partial charge in [-0.3, -0.25) is 0 Å². The van der Waals surface area contributed by atoms with Crippen LogP contribution in [0.4, 0.5) is 0 Å². The highest BCUT2D eigenvalue weighted by molar-refractivity contribution is 5.24. The predicted octanol–water partition coefficient (Wildman–Crippen LogP) is 2.06. The average Bonchev–Trinajstić information content (AvgIpc) is 2.26. The van der Waals surface area contributed by atoms with E-state index in [9.17, 15) is 0 Å². The Kier molecular flexibility index (Phi) is 4.79. The van der Waals surface area contributed by atoms with Crippen molar-refractivity contribution in [3.05, 3.63) is 35.4 Å². The third kappa shape index (κ3) is 3.65. The zero-order valence-corrected chi connectivity index (χ0v) is 9.61. The van der Waals surface area contributed by atoms with E-state index >= 15 is 0 Å². The zero-order chi connectivity index (χ0) is 11.3. The summed E-state index contributed by atoms with van der Waals surface area (Å²) in [5, 5.41) is 9.09. The summed E-state index contributed by atoms with van der Waals surface area (Å²) in [5.41, 5.74) is 8.18. The number of rotatable bonds is 5. The van der Waals surface area contributed by atoms with E-state index in [2.05, 4.69) is 38.1 Å². The monoisotopic (exact) mass is 207 g/mol. The van der Waals surface area contributed by atoms with Gasteiger partial charge in [0, 0.05) is 6.61 Å². The molecule has 0 aliphatic heterocycles. The van der Waals surface area contributed by atoms with Gasteiger partial charge in [0.25, 0.3) is 0 Å². The lowest BCUT2D eigenvalue weighted by atomic mass is 9.90. The summed E-state index contributed by atoms with van der Waals surface area (Å²) >= 11 is 0. The minimum atomic E-state index is 0.187. The first-order valence-corrected chi connectivity index (χ1v) is 5.54. The van der Waals surface area contributed by atoms with Crippen LogP contribution in [0.15, 0.2) is 24.3 Å². The largest absolute Gasteiger partial charge is 0.396 e. The van der Waals surface area contributed by atoms with Crippen molar-refractivity contribution in [3.8, 4) is 0 Å². The molecule has 0 aromatic heterocycles. The first-order chi connectivity index (χ1) is 7.17. The van der Waals surface area contributed by atoms with E-state index in [1.807, 2.05) is 0 Å². The fourth-order valence-electron chi connectivity index (χ4n) is 1.78. The third-order valence-electron chi connectivity index (χ3n) is 2.92. The molecule has 0 amide bonds. The Balaban J connectivity index is 2.60. The van der Waals surface area contributed by atoms with Crippen molar-refractivity contribution in [2.24, 2.45) is 11.7 Å². The van der Waals surface area contributed by atoms with Gasteiger partial charge in [0.15, 0.2) is 0 Å². The van der Waals surface area contributed by atoms with Crippen molar-refractivity contribution < 1.29 is 5.11 Å². The molecule has 84 valence electrons. The highest BCUT2D eigenvalue weighted by Gasteiger charge is 2.12. The average molecular weight is 207 g/mol. The molecular weight excluding hydrogens is 186 g/mol. The van der Waals surface area contributed by atoms with E-state index in [1.54, 1.807) is 0 Å². The summed E-state index contributed by atoms with van der Waals surface area (Å²) < 4.78 is 0. The Morgan fingerprint density at radius 3 is 2.33 bits per heavy atom. The molecule has 0 aliphatic rings. The van der Waals surface area contributed by atoms with Crippen molar-refractivity contribution in [2.45, 2.75) is 26.2 Å². The van der Waals surface area contributed by atoms with Gasteiger partial charge in [-0.05, 0) is 37.3 Å². The smallest absolute Gasteiger partial charge is 0.0471 e. The van der Waals surface area contributed by atoms with Gasteiger partial charge in [-0.1, -0.05) is 36.8 Å². The van der Waals surface area contributed by atoms with E-state index in [0.29, 0.717) is 12.5 Å². The highest BCUT2D eigenvalue weighted by Crippen LogP contribution is 2.23. The van der Waals surface area contributed by atoms with Crippen molar-refractivity contribution >= 4 is 0 Å². The fraction of sp³-hybridized carbons (Fsp3) is 0.538. The van der Waals surface area contributed by atoms with Crippen molar-refractivity contribution in [3.63, 3.8) is 0 Å². The maximum atomic E-state index is 9.09. The minimum absolute atomic E-state index is 0.187. The molecule has 15 heavy (non-hydrogen) atoms. The molecule has 0 saturated carbocycles. The van der Waals surface area contributed by atoms with Crippen LogP contribution in [0.2, 0.25) is 0 Å². The molecule has 0 saturated heterocycles. The Hall–Kier alpha value is -0.860. The number of aliphatic hydroxyl groups is 1. The SMILES string of the molecule is Cc1ccc(C(C)CC(CN)CO)cc1. The Labute approximate surface area is 92.1 Å². The van der Waals surface area contributed by atoms with Crippen LogP contribution in [0.1, 0.15) is 30.4 Å². The van der Waals surface area contributed by atoms with Crippen LogP contribution in [0, 0.1) is 12.8 Å². The second-order valence-electron chi connectivity index (χ2n) is 4.33. The molecule has 3 N–H and O–H groups in total. The number of benzene rings is 1. The van der Waals surface area contributed by atoms with Gasteiger partial charge in [0.1, 0.15) is 0 Å². The lowest BCUT2D eigenvalue weighted by Gasteiger charge is -2.17. The maximum Gasteiger partial charge on any atom is 0.0471 e. The maximum absolute atomic E-state index is 9.09. The normalized spacial score (nSPS) is 14.9. The number of aryl methyl sites for hydroxylation is 1. The molecule has 0 bridgehead atoms. The summed E-state index contributed by atoms with van der Waals surface area (Å²) in [4.78, 5) is 0. The van der Waals surface area contributed by atoms with Crippen LogP contribution in [-0.4, -0.2) is 18.3 Å². The molecule has 2 heteroatoms. The predicted molar refractivity (Wildman–Crippen MR) is 63.8 cm³/mol. The van der Waals surface area contributed by atoms with E-state index in [1.165, 1.54) is 11.1 Å². The molecule has 2 atom stereocenters. The van der Waals surface area contributed by atoms with Crippen molar-refractivity contribution in [2.75, 3.05) is 13.2 Å². The fourth-order valence-corrected chi connectivity index (χ4v) is 1.78. The van der Waals surface area contributed by atoms with Crippen LogP contribution in [0.3, 0.4) is 0 Å². The summed E-state index contributed by atoms with van der Waals surface area (Å²) in [6.07, 6.45) is 0.954. The lowest BCUT2D eigenvalue weighted by Crippen LogP contribution is -2.20. The van der Waals surface area contributed by atoms with E-state index < -0.39 is 0 Å². The highest BCUT2D eigenvalue weighted by atomic mass is 16.3. The topological polar surface area (TPSA) is 46.2 Å². The molecular formula is C13H21NO. The van der Waals surface area contributed by atoms with Crippen LogP contribution in [0.25, 0.3) is 0 Å². The van der Waals surface area contributed by atoms with Gasteiger partial charge in [-0.15, -0.1) is 0 Å². The molecule has 2 unspecified atom stereocenters. The van der Waals surface area contributed by atoms with Crippen LogP contribution >= 0.6 is 0 Å². The van der Waals surface area contributed by atoms with E-state index in [-0.39, 0.29) is 12.5 Å². The standard InChI is InChI=1S/C13H21NO/c1-10-3-5-13(6-4-10)11(2)7-12(8-14)9-15/h3-6,11-12,15H,7-9,14H2,1-2H3. The zero-order valence-electron chi connectivity index (χ0n) is 9.61. The van der Waals surface area contributed by atoms with Crippen LogP contribution in [-0.2, 0) is 0 Å². The third-order valence-corrected chi connectivity index (χ3v) is 2.92. The summed E-state index contributed by atoms with van der Waals surface area (Å²) in [7, 11) is 0. The minimum Gasteiger partial charge on any atom is -0.396 e. The molecule has 0 radical (unpaired) electrons. The number of hydrogen-bond acceptors (Lipinski definition) is 2. The molecule has 0 heterocycles. The van der Waals surface area contributed by atoms with Gasteiger partial charge in [-0.25, -0.2) is 0 Å². The van der Waals surface area contributed by atoms with E-state index in [4.69, 9.17) is 10.8 Å². The molecule has 0 aliphatic carbocycles. The molecule has 2 nitrogen and oxygen atoms in total. The van der Waals surface area contributed by atoms with Gasteiger partial charge in [0.05, 0.1) is 0 Å². The van der Waals surface area contributed by atoms with Gasteiger partial charge in [-0.2, -0.15) is 0 Å². The van der Waals surface area contributed by atoms with Gasteiger partial charge >= 0.3 is 0 Å². The summed E-state index contributed by atoms with van der Waals surface area (Å²) in [6, 6.07) is 8.57. The number of hydrogen-bond donors (Lipinski definition) is 2. The molecule has 1 rings (SSSR count). The van der Waals surface area contributed by atoms with Gasteiger partial charge in [0.2, 0.25) is 0 Å². The number of aliphatic hydroxyl groups excluding tert-OH is 1. The van der Waals surface area contributed by atoms with E-state index in [0.717, 1.165) is 6.42 Å². The Morgan fingerprint density at radius 1 is 1.27 bits per heavy atom. The second-order valence-corrected chi connectivity index (χ2v) is 4.33. The molecule has 1 aromatic rings. The van der Waals surface area contributed by atoms with Crippen molar-refractivity contribution in [1.29, 1.82) is 0 Å². The van der Waals surface area contributed by atoms with Gasteiger partial charge < -0.3 is 10.8 Å². The first kappa shape index (κ1) is 12.2. The quantitative estimate of drug-likeness (QED) is 0.776. The summed E-state index contributed by atoms with van der Waals surface area (Å²) in [5.74, 6) is 0.688. The molecule has 1 aromatic carbocycles. The molecule has 0 fully saturated rings. The Morgan fingerprint density at radius 2 is 1.87 bits per heavy atom. The van der Waals surface area contributed by atoms with Crippen LogP contribution in [0.5, 0.6) is 0 Å². The first-order valence-electron chi connectivity index (χ1n) is 5.54.